The minimum absolute atomic E-state index is 0.101. The third-order valence-corrected chi connectivity index (χ3v) is 6.62. The first kappa shape index (κ1) is 18.3. The summed E-state index contributed by atoms with van der Waals surface area (Å²) in [6, 6.07) is 8.18. The summed E-state index contributed by atoms with van der Waals surface area (Å²) in [5, 5.41) is 2.15. The predicted octanol–water partition coefficient (Wildman–Crippen LogP) is 3.97. The highest BCUT2D eigenvalue weighted by Gasteiger charge is 2.40. The zero-order valence-corrected chi connectivity index (χ0v) is 17.1. The summed E-state index contributed by atoms with van der Waals surface area (Å²) < 4.78 is 5.34. The van der Waals surface area contributed by atoms with Crippen molar-refractivity contribution in [2.45, 2.75) is 51.6 Å². The van der Waals surface area contributed by atoms with Crippen LogP contribution in [0.4, 0.5) is 5.00 Å². The Morgan fingerprint density at radius 3 is 2.74 bits per heavy atom. The van der Waals surface area contributed by atoms with Gasteiger partial charge in [-0.15, -0.1) is 0 Å². The number of methoxy groups -OCH3 is 1. The Morgan fingerprint density at radius 2 is 2.04 bits per heavy atom. The van der Waals surface area contributed by atoms with Gasteiger partial charge in [-0.3, -0.25) is 4.79 Å². The summed E-state index contributed by atoms with van der Waals surface area (Å²) in [5.74, 6) is 1.11. The molecule has 4 rings (SSSR count). The van der Waals surface area contributed by atoms with Gasteiger partial charge in [-0.25, -0.2) is 4.98 Å². The third kappa shape index (κ3) is 3.43. The molecule has 1 aromatic carbocycles. The number of nitrogens with zero attached hydrogens (tertiary/aromatic N) is 3. The molecule has 5 nitrogen and oxygen atoms in total. The topological polar surface area (TPSA) is 45.7 Å². The fraction of sp³-hybridized carbons (Fsp3) is 0.524. The van der Waals surface area contributed by atoms with Gasteiger partial charge < -0.3 is 14.5 Å². The molecule has 1 aromatic heterocycles. The van der Waals surface area contributed by atoms with Crippen LogP contribution in [0, 0.1) is 0 Å². The van der Waals surface area contributed by atoms with Crippen molar-refractivity contribution in [1.82, 2.24) is 9.88 Å². The quantitative estimate of drug-likeness (QED) is 0.799. The van der Waals surface area contributed by atoms with E-state index in [9.17, 15) is 4.79 Å². The van der Waals surface area contributed by atoms with Crippen molar-refractivity contribution in [2.24, 2.45) is 0 Å². The number of benzene rings is 1. The summed E-state index contributed by atoms with van der Waals surface area (Å²) in [6.45, 7) is 6.13. The number of hydrogen-bond acceptors (Lipinski definition) is 5. The lowest BCUT2D eigenvalue weighted by atomic mass is 10.1. The molecule has 3 heterocycles. The molecule has 2 aliphatic rings. The van der Waals surface area contributed by atoms with E-state index in [1.165, 1.54) is 6.42 Å². The Labute approximate surface area is 165 Å². The molecule has 1 atom stereocenters. The second-order valence-electron chi connectivity index (χ2n) is 7.61. The minimum Gasteiger partial charge on any atom is -0.497 e. The molecule has 6 heteroatoms. The number of rotatable bonds is 4. The van der Waals surface area contributed by atoms with E-state index in [0.717, 1.165) is 52.9 Å². The van der Waals surface area contributed by atoms with Gasteiger partial charge in [-0.05, 0) is 45.2 Å². The van der Waals surface area contributed by atoms with Crippen LogP contribution in [0.3, 0.4) is 0 Å². The summed E-state index contributed by atoms with van der Waals surface area (Å²) in [5.41, 5.74) is 2.12. The molecule has 2 aromatic rings. The molecule has 27 heavy (non-hydrogen) atoms. The van der Waals surface area contributed by atoms with E-state index in [2.05, 4.69) is 29.7 Å². The number of hydrogen-bond donors (Lipinski definition) is 0. The van der Waals surface area contributed by atoms with E-state index < -0.39 is 0 Å². The molecular formula is C21H27N3O2S. The van der Waals surface area contributed by atoms with Crippen LogP contribution in [0.2, 0.25) is 0 Å². The summed E-state index contributed by atoms with van der Waals surface area (Å²) in [7, 11) is 1.68. The standard InChI is InChI=1S/C21H27N3O2S/c1-14(2)24-18(20(25)23-10-5-4-6-11-23)13-17-21(24)27-19(22-17)15-8-7-9-16(12-15)26-3/h7-9,12,14,18H,4-6,10-11,13H2,1-3H3. The lowest BCUT2D eigenvalue weighted by Crippen LogP contribution is -2.51. The minimum atomic E-state index is -0.101. The average Bonchev–Trinajstić information content (AvgIpc) is 3.26. The van der Waals surface area contributed by atoms with Crippen molar-refractivity contribution in [3.05, 3.63) is 30.0 Å². The summed E-state index contributed by atoms with van der Waals surface area (Å²) >= 11 is 1.69. The zero-order valence-electron chi connectivity index (χ0n) is 16.3. The van der Waals surface area contributed by atoms with Crippen molar-refractivity contribution in [3.63, 3.8) is 0 Å². The molecule has 0 aliphatic carbocycles. The van der Waals surface area contributed by atoms with E-state index in [0.29, 0.717) is 6.42 Å². The van der Waals surface area contributed by atoms with Gasteiger partial charge in [0, 0.05) is 31.1 Å². The lowest BCUT2D eigenvalue weighted by Gasteiger charge is -2.35. The molecule has 0 N–H and O–H groups in total. The highest BCUT2D eigenvalue weighted by atomic mass is 32.1. The number of anilines is 1. The fourth-order valence-corrected chi connectivity index (χ4v) is 5.38. The van der Waals surface area contributed by atoms with Gasteiger partial charge in [0.1, 0.15) is 21.8 Å². The number of likely N-dealkylation sites (tertiary alicyclic amines) is 1. The van der Waals surface area contributed by atoms with E-state index in [1.54, 1.807) is 18.4 Å². The van der Waals surface area contributed by atoms with E-state index in [4.69, 9.17) is 9.72 Å². The lowest BCUT2D eigenvalue weighted by molar-refractivity contribution is -0.133. The van der Waals surface area contributed by atoms with Gasteiger partial charge in [0.15, 0.2) is 0 Å². The van der Waals surface area contributed by atoms with Gasteiger partial charge in [-0.2, -0.15) is 0 Å². The van der Waals surface area contributed by atoms with Crippen LogP contribution in [-0.2, 0) is 11.2 Å². The smallest absolute Gasteiger partial charge is 0.245 e. The maximum atomic E-state index is 13.2. The van der Waals surface area contributed by atoms with Crippen molar-refractivity contribution in [1.29, 1.82) is 0 Å². The van der Waals surface area contributed by atoms with Crippen molar-refractivity contribution >= 4 is 22.2 Å². The number of piperidine rings is 1. The Bertz CT molecular complexity index is 827. The van der Waals surface area contributed by atoms with E-state index >= 15 is 0 Å². The normalized spacial score (nSPS) is 19.5. The Hall–Kier alpha value is -2.08. The van der Waals surface area contributed by atoms with Crippen LogP contribution in [-0.4, -0.2) is 48.1 Å². The molecule has 144 valence electrons. The van der Waals surface area contributed by atoms with Crippen molar-refractivity contribution in [3.8, 4) is 16.3 Å². The van der Waals surface area contributed by atoms with Gasteiger partial charge in [0.2, 0.25) is 5.91 Å². The first-order chi connectivity index (χ1) is 13.1. The van der Waals surface area contributed by atoms with Gasteiger partial charge in [0.25, 0.3) is 0 Å². The van der Waals surface area contributed by atoms with Crippen molar-refractivity contribution in [2.75, 3.05) is 25.1 Å². The SMILES string of the molecule is COc1cccc(-c2nc3c(s2)N(C(C)C)C(C(=O)N2CCCCC2)C3)c1. The van der Waals surface area contributed by atoms with Crippen LogP contribution in [0.15, 0.2) is 24.3 Å². The molecule has 0 bridgehead atoms. The molecule has 1 fully saturated rings. The highest BCUT2D eigenvalue weighted by molar-refractivity contribution is 7.19. The molecular weight excluding hydrogens is 358 g/mol. The second-order valence-corrected chi connectivity index (χ2v) is 8.59. The molecule has 0 spiro atoms. The number of ether oxygens (including phenoxy) is 1. The molecule has 1 saturated heterocycles. The summed E-state index contributed by atoms with van der Waals surface area (Å²) in [4.78, 5) is 22.4. The van der Waals surface area contributed by atoms with Crippen LogP contribution in [0.1, 0.15) is 38.8 Å². The highest BCUT2D eigenvalue weighted by Crippen LogP contribution is 2.43. The molecule has 1 amide bonds. The first-order valence-corrected chi connectivity index (χ1v) is 10.6. The van der Waals surface area contributed by atoms with Gasteiger partial charge in [0.05, 0.1) is 12.8 Å². The molecule has 0 saturated carbocycles. The molecule has 2 aliphatic heterocycles. The Balaban J connectivity index is 1.61. The van der Waals surface area contributed by atoms with E-state index in [-0.39, 0.29) is 18.0 Å². The first-order valence-electron chi connectivity index (χ1n) is 9.79. The van der Waals surface area contributed by atoms with Gasteiger partial charge >= 0.3 is 0 Å². The van der Waals surface area contributed by atoms with Gasteiger partial charge in [-0.1, -0.05) is 23.5 Å². The molecule has 1 unspecified atom stereocenters. The third-order valence-electron chi connectivity index (χ3n) is 5.46. The molecule has 0 radical (unpaired) electrons. The number of thiazole rings is 1. The number of fused-ring (bicyclic) bond motifs is 1. The van der Waals surface area contributed by atoms with Crippen LogP contribution >= 0.6 is 11.3 Å². The predicted molar refractivity (Wildman–Crippen MR) is 110 cm³/mol. The number of carbonyl (C=O) groups excluding carboxylic acids is 1. The summed E-state index contributed by atoms with van der Waals surface area (Å²) in [6.07, 6.45) is 4.20. The second kappa shape index (κ2) is 7.50. The number of amides is 1. The van der Waals surface area contributed by atoms with Crippen LogP contribution in [0.25, 0.3) is 10.6 Å². The number of aromatic nitrogens is 1. The van der Waals surface area contributed by atoms with Crippen LogP contribution in [0.5, 0.6) is 5.75 Å². The number of carbonyl (C=O) groups is 1. The zero-order chi connectivity index (χ0) is 19.0. The Morgan fingerprint density at radius 1 is 1.26 bits per heavy atom. The van der Waals surface area contributed by atoms with Crippen molar-refractivity contribution < 1.29 is 9.53 Å². The van der Waals surface area contributed by atoms with E-state index in [1.807, 2.05) is 18.2 Å². The monoisotopic (exact) mass is 385 g/mol. The fourth-order valence-electron chi connectivity index (χ4n) is 4.11. The largest absolute Gasteiger partial charge is 0.497 e. The van der Waals surface area contributed by atoms with Crippen LogP contribution < -0.4 is 9.64 Å². The maximum absolute atomic E-state index is 13.2. The average molecular weight is 386 g/mol. The maximum Gasteiger partial charge on any atom is 0.245 e. The Kier molecular flexibility index (Phi) is 5.08.